The Bertz CT molecular complexity index is 138. The summed E-state index contributed by atoms with van der Waals surface area (Å²) >= 11 is 0. The van der Waals surface area contributed by atoms with Crippen LogP contribution in [0.3, 0.4) is 0 Å². The van der Waals surface area contributed by atoms with E-state index < -0.39 is 6.04 Å². The second kappa shape index (κ2) is 5.97. The van der Waals surface area contributed by atoms with Crippen molar-refractivity contribution in [2.24, 2.45) is 11.7 Å². The summed E-state index contributed by atoms with van der Waals surface area (Å²) in [5.74, 6) is -0.268. The van der Waals surface area contributed by atoms with Crippen molar-refractivity contribution in [2.45, 2.75) is 19.4 Å². The number of hydrogen-bond acceptors (Lipinski definition) is 4. The van der Waals surface area contributed by atoms with Crippen LogP contribution in [0, 0.1) is 5.92 Å². The fourth-order valence-electron chi connectivity index (χ4n) is 0.852. The summed E-state index contributed by atoms with van der Waals surface area (Å²) < 4.78 is 9.38. The fraction of sp³-hybridized carbons (Fsp3) is 0.875. The van der Waals surface area contributed by atoms with E-state index in [-0.39, 0.29) is 11.9 Å². The molecule has 2 unspecified atom stereocenters. The predicted molar refractivity (Wildman–Crippen MR) is 45.6 cm³/mol. The molecule has 0 aliphatic rings. The molecular formula is C8H17NO3. The van der Waals surface area contributed by atoms with Gasteiger partial charge >= 0.3 is 5.97 Å². The van der Waals surface area contributed by atoms with E-state index >= 15 is 0 Å². The Morgan fingerprint density at radius 1 is 1.50 bits per heavy atom. The summed E-state index contributed by atoms with van der Waals surface area (Å²) in [4.78, 5) is 10.9. The van der Waals surface area contributed by atoms with Gasteiger partial charge < -0.3 is 15.2 Å². The number of esters is 1. The van der Waals surface area contributed by atoms with Crippen LogP contribution in [0.2, 0.25) is 0 Å². The molecule has 0 saturated heterocycles. The highest BCUT2D eigenvalue weighted by Gasteiger charge is 2.20. The second-order valence-electron chi connectivity index (χ2n) is 2.81. The van der Waals surface area contributed by atoms with Crippen LogP contribution in [0.25, 0.3) is 0 Å². The van der Waals surface area contributed by atoms with Crippen molar-refractivity contribution in [2.75, 3.05) is 20.8 Å². The Kier molecular flexibility index (Phi) is 5.66. The van der Waals surface area contributed by atoms with Crippen molar-refractivity contribution in [1.82, 2.24) is 0 Å². The monoisotopic (exact) mass is 175 g/mol. The number of nitrogens with two attached hydrogens (primary N) is 1. The first kappa shape index (κ1) is 11.4. The Morgan fingerprint density at radius 2 is 2.08 bits per heavy atom. The van der Waals surface area contributed by atoms with Crippen molar-refractivity contribution in [3.05, 3.63) is 0 Å². The highest BCUT2D eigenvalue weighted by atomic mass is 16.5. The average molecular weight is 175 g/mol. The summed E-state index contributed by atoms with van der Waals surface area (Å²) in [5, 5.41) is 0. The average Bonchev–Trinajstić information content (AvgIpc) is 2.11. The molecule has 12 heavy (non-hydrogen) atoms. The highest BCUT2D eigenvalue weighted by molar-refractivity contribution is 5.75. The van der Waals surface area contributed by atoms with Crippen LogP contribution >= 0.6 is 0 Å². The van der Waals surface area contributed by atoms with Gasteiger partial charge in [-0.3, -0.25) is 4.79 Å². The van der Waals surface area contributed by atoms with Crippen molar-refractivity contribution in [3.63, 3.8) is 0 Å². The van der Waals surface area contributed by atoms with E-state index in [0.717, 1.165) is 6.42 Å². The Labute approximate surface area is 73.0 Å². The normalized spacial score (nSPS) is 15.3. The third kappa shape index (κ3) is 3.69. The van der Waals surface area contributed by atoms with Crippen LogP contribution < -0.4 is 5.73 Å². The first-order valence-electron chi connectivity index (χ1n) is 3.95. The van der Waals surface area contributed by atoms with Crippen LogP contribution in [0.5, 0.6) is 0 Å². The highest BCUT2D eigenvalue weighted by Crippen LogP contribution is 2.07. The Hall–Kier alpha value is -0.610. The molecule has 0 aliphatic carbocycles. The fourth-order valence-corrected chi connectivity index (χ4v) is 0.852. The zero-order valence-electron chi connectivity index (χ0n) is 7.87. The van der Waals surface area contributed by atoms with Crippen molar-refractivity contribution in [3.8, 4) is 0 Å². The van der Waals surface area contributed by atoms with Crippen LogP contribution in [0.4, 0.5) is 0 Å². The van der Waals surface area contributed by atoms with E-state index in [1.165, 1.54) is 7.11 Å². The molecule has 4 heteroatoms. The standard InChI is InChI=1S/C8H17NO3/c1-6(4-5-11-2)7(9)8(10)12-3/h6-7H,4-5,9H2,1-3H3. The van der Waals surface area contributed by atoms with E-state index in [1.807, 2.05) is 6.92 Å². The van der Waals surface area contributed by atoms with Gasteiger partial charge in [0.15, 0.2) is 0 Å². The molecule has 4 nitrogen and oxygen atoms in total. The first-order valence-corrected chi connectivity index (χ1v) is 3.95. The molecule has 0 saturated carbocycles. The molecule has 0 rings (SSSR count). The molecule has 0 fully saturated rings. The summed E-state index contributed by atoms with van der Waals surface area (Å²) in [6, 6.07) is -0.537. The number of hydrogen-bond donors (Lipinski definition) is 1. The molecule has 0 bridgehead atoms. The van der Waals surface area contributed by atoms with Gasteiger partial charge in [-0.25, -0.2) is 0 Å². The SMILES string of the molecule is COCCC(C)C(N)C(=O)OC. The molecular weight excluding hydrogens is 158 g/mol. The zero-order chi connectivity index (χ0) is 9.56. The van der Waals surface area contributed by atoms with Gasteiger partial charge in [-0.05, 0) is 12.3 Å². The summed E-state index contributed by atoms with van der Waals surface area (Å²) in [7, 11) is 2.96. The summed E-state index contributed by atoms with van der Waals surface area (Å²) in [5.41, 5.74) is 5.58. The molecule has 0 aliphatic heterocycles. The van der Waals surface area contributed by atoms with Crippen molar-refractivity contribution >= 4 is 5.97 Å². The molecule has 0 aromatic carbocycles. The van der Waals surface area contributed by atoms with E-state index in [0.29, 0.717) is 6.61 Å². The topological polar surface area (TPSA) is 61.5 Å². The van der Waals surface area contributed by atoms with Crippen molar-refractivity contribution in [1.29, 1.82) is 0 Å². The zero-order valence-corrected chi connectivity index (χ0v) is 7.87. The molecule has 0 aromatic heterocycles. The van der Waals surface area contributed by atoms with Gasteiger partial charge in [0.25, 0.3) is 0 Å². The van der Waals surface area contributed by atoms with Gasteiger partial charge in [-0.2, -0.15) is 0 Å². The third-order valence-corrected chi connectivity index (χ3v) is 1.86. The van der Waals surface area contributed by atoms with Gasteiger partial charge in [0.1, 0.15) is 6.04 Å². The molecule has 0 aromatic rings. The van der Waals surface area contributed by atoms with E-state index in [4.69, 9.17) is 10.5 Å². The van der Waals surface area contributed by atoms with E-state index in [9.17, 15) is 4.79 Å². The van der Waals surface area contributed by atoms with Gasteiger partial charge in [-0.15, -0.1) is 0 Å². The number of rotatable bonds is 5. The lowest BCUT2D eigenvalue weighted by molar-refractivity contribution is -0.143. The van der Waals surface area contributed by atoms with Gasteiger partial charge in [0.2, 0.25) is 0 Å². The van der Waals surface area contributed by atoms with Crippen LogP contribution in [0.15, 0.2) is 0 Å². The summed E-state index contributed by atoms with van der Waals surface area (Å²) in [6.45, 7) is 2.52. The lowest BCUT2D eigenvalue weighted by Crippen LogP contribution is -2.38. The molecule has 0 amide bonds. The summed E-state index contributed by atoms with van der Waals surface area (Å²) in [6.07, 6.45) is 0.771. The molecule has 2 N–H and O–H groups in total. The molecule has 0 radical (unpaired) electrons. The molecule has 0 spiro atoms. The number of carbonyl (C=O) groups excluding carboxylic acids is 1. The molecule has 2 atom stereocenters. The minimum Gasteiger partial charge on any atom is -0.468 e. The van der Waals surface area contributed by atoms with Crippen molar-refractivity contribution < 1.29 is 14.3 Å². The smallest absolute Gasteiger partial charge is 0.322 e. The molecule has 72 valence electrons. The first-order chi connectivity index (χ1) is 5.63. The second-order valence-corrected chi connectivity index (χ2v) is 2.81. The third-order valence-electron chi connectivity index (χ3n) is 1.86. The number of methoxy groups -OCH3 is 2. The minimum atomic E-state index is -0.537. The minimum absolute atomic E-state index is 0.0948. The lowest BCUT2D eigenvalue weighted by atomic mass is 10.00. The number of carbonyl (C=O) groups is 1. The van der Waals surface area contributed by atoms with E-state index in [1.54, 1.807) is 7.11 Å². The van der Waals surface area contributed by atoms with Crippen LogP contribution in [-0.4, -0.2) is 32.8 Å². The van der Waals surface area contributed by atoms with Crippen LogP contribution in [0.1, 0.15) is 13.3 Å². The predicted octanol–water partition coefficient (Wildman–Crippen LogP) is 0.159. The maximum atomic E-state index is 10.9. The Morgan fingerprint density at radius 3 is 2.50 bits per heavy atom. The van der Waals surface area contributed by atoms with E-state index in [2.05, 4.69) is 4.74 Å². The van der Waals surface area contributed by atoms with Gasteiger partial charge in [-0.1, -0.05) is 6.92 Å². The maximum absolute atomic E-state index is 10.9. The number of ether oxygens (including phenoxy) is 2. The lowest BCUT2D eigenvalue weighted by Gasteiger charge is -2.16. The Balaban J connectivity index is 3.75. The molecule has 0 heterocycles. The largest absolute Gasteiger partial charge is 0.468 e. The van der Waals surface area contributed by atoms with Gasteiger partial charge in [0.05, 0.1) is 7.11 Å². The van der Waals surface area contributed by atoms with Gasteiger partial charge in [0, 0.05) is 13.7 Å². The quantitative estimate of drug-likeness (QED) is 0.604. The van der Waals surface area contributed by atoms with Crippen LogP contribution in [-0.2, 0) is 14.3 Å². The maximum Gasteiger partial charge on any atom is 0.322 e.